The van der Waals surface area contributed by atoms with E-state index in [0.717, 1.165) is 97.8 Å². The van der Waals surface area contributed by atoms with E-state index in [2.05, 4.69) is 204 Å². The number of fused-ring (bicyclic) bond motifs is 8. The largest absolute Gasteiger partial charge is 0.467 e. The van der Waals surface area contributed by atoms with Gasteiger partial charge in [-0.3, -0.25) is 29.9 Å². The maximum absolute atomic E-state index is 11.7. The highest BCUT2D eigenvalue weighted by Crippen LogP contribution is 2.30. The van der Waals surface area contributed by atoms with Crippen LogP contribution >= 0.6 is 39.3 Å². The van der Waals surface area contributed by atoms with E-state index >= 15 is 0 Å². The number of ether oxygens (including phenoxy) is 1. The zero-order chi connectivity index (χ0) is 104. The number of nitrogens with one attached hydrogen (secondary N) is 8. The Morgan fingerprint density at radius 3 is 1.02 bits per heavy atom. The number of hydrogen-bond donors (Lipinski definition) is 22. The Morgan fingerprint density at radius 1 is 0.382 bits per heavy atom. The number of hydrogen-bond acceptors (Lipinski definition) is 49. The molecule has 0 aliphatic carbocycles. The first kappa shape index (κ1) is 112. The molecular weight excluding hydrogens is 1950 g/mol. The van der Waals surface area contributed by atoms with Crippen LogP contribution in [0.15, 0.2) is 133 Å². The molecule has 762 valence electrons. The van der Waals surface area contributed by atoms with Crippen molar-refractivity contribution in [2.75, 3.05) is 167 Å². The number of aliphatic hydroxyl groups is 6. The number of pyridine rings is 8. The topological polar surface area (TPSA) is 766 Å². The number of nitrogens with two attached hydrogens (primary N) is 8. The molecule has 0 bridgehead atoms. The highest BCUT2D eigenvalue weighted by molar-refractivity contribution is 9.10. The summed E-state index contributed by atoms with van der Waals surface area (Å²) < 4.78 is 5.61. The molecule has 0 saturated carbocycles. The maximum atomic E-state index is 11.7. The fourth-order valence-electron chi connectivity index (χ4n) is 13.5. The third-order valence-electron chi connectivity index (χ3n) is 20.1. The van der Waals surface area contributed by atoms with Crippen LogP contribution in [-0.2, 0) is 9.53 Å². The molecule has 30 N–H and O–H groups in total. The van der Waals surface area contributed by atoms with Crippen molar-refractivity contribution in [2.24, 2.45) is 0 Å². The molecule has 16 aromatic rings. The highest BCUT2D eigenvalue weighted by atomic mass is 79.9. The third-order valence-corrected chi connectivity index (χ3v) is 21.4. The van der Waals surface area contributed by atoms with Crippen LogP contribution in [0.2, 0.25) is 5.02 Å². The van der Waals surface area contributed by atoms with Gasteiger partial charge in [0.1, 0.15) is 50.2 Å². The first-order chi connectivity index (χ1) is 69.8. The van der Waals surface area contributed by atoms with E-state index in [0.29, 0.717) is 155 Å². The van der Waals surface area contributed by atoms with Gasteiger partial charge in [0, 0.05) is 80.3 Å². The lowest BCUT2D eigenvalue weighted by atomic mass is 10.1. The second kappa shape index (κ2) is 59.3. The Balaban J connectivity index is 0.000000184. The van der Waals surface area contributed by atoms with Crippen molar-refractivity contribution >= 4 is 233 Å². The fourth-order valence-corrected chi connectivity index (χ4v) is 14.5. The Hall–Kier alpha value is -15.4. The summed E-state index contributed by atoms with van der Waals surface area (Å²) in [5.74, 6) is 6.52. The SMILES string of the molecule is CCCCNc1nc(N)nc2cccnc12.CCC[C@@H](CO)Nc1nc(N)nc2cc(Br)cnc12.CCC[C@@H](CO)Nc1nc(N)nc2cc(Cl)cnc12.CCC[C@H](Nc1nc(N)nc2cccnc12)C(=O)OC.CSCC[C@@H](CO)Nc1nc(N)nc2cccnc12.Nc1nc(NCCCO)c2ncccc2n1.Nc1nc(NCCO)c2ncccc2n1.[C-]#[N+]c1cnc2c(N[C@H](CO)CCC)nc(N)nc2c1. The predicted molar refractivity (Wildman–Crippen MR) is 572 cm³/mol. The van der Waals surface area contributed by atoms with Crippen LogP contribution < -0.4 is 88.4 Å². The lowest BCUT2D eigenvalue weighted by molar-refractivity contribution is -0.141. The zero-order valence-corrected chi connectivity index (χ0v) is 83.7. The van der Waals surface area contributed by atoms with Gasteiger partial charge >= 0.3 is 5.97 Å². The molecule has 144 heavy (non-hydrogen) atoms. The molecule has 0 spiro atoms. The van der Waals surface area contributed by atoms with Gasteiger partial charge in [-0.25, -0.2) is 59.5 Å². The molecule has 16 heterocycles. The Kier molecular flexibility index (Phi) is 46.2. The van der Waals surface area contributed by atoms with Gasteiger partial charge in [-0.1, -0.05) is 78.3 Å². The second-order valence-electron chi connectivity index (χ2n) is 31.2. The minimum atomic E-state index is -0.482. The lowest BCUT2D eigenvalue weighted by Gasteiger charge is -2.17. The van der Waals surface area contributed by atoms with Crippen molar-refractivity contribution in [3.05, 3.63) is 149 Å². The number of halogens is 2. The molecule has 5 atom stereocenters. The predicted octanol–water partition coefficient (Wildman–Crippen LogP) is 10.2. The summed E-state index contributed by atoms with van der Waals surface area (Å²) in [5.41, 5.74) is 56.0. The number of carbonyl (C=O) groups excluding carboxylic acids is 1. The lowest BCUT2D eigenvalue weighted by Crippen LogP contribution is -2.31. The van der Waals surface area contributed by atoms with E-state index in [4.69, 9.17) is 79.0 Å². The number of nitrogen functional groups attached to an aromatic ring is 8. The first-order valence-electron chi connectivity index (χ1n) is 45.9. The van der Waals surface area contributed by atoms with E-state index in [-0.39, 0.29) is 117 Å². The van der Waals surface area contributed by atoms with Crippen molar-refractivity contribution in [2.45, 2.75) is 142 Å². The molecule has 0 aliphatic heterocycles. The Bertz CT molecular complexity index is 6620. The van der Waals surface area contributed by atoms with Crippen molar-refractivity contribution in [1.82, 2.24) is 120 Å². The van der Waals surface area contributed by atoms with E-state index in [9.17, 15) is 25.2 Å². The quantitative estimate of drug-likeness (QED) is 0.00977. The molecule has 0 fully saturated rings. The average Bonchev–Trinajstić information content (AvgIpc) is 0.747. The summed E-state index contributed by atoms with van der Waals surface area (Å²) in [5, 5.41) is 80.2. The maximum Gasteiger partial charge on any atom is 0.328 e. The van der Waals surface area contributed by atoms with Crippen molar-refractivity contribution in [3.8, 4) is 0 Å². The summed E-state index contributed by atoms with van der Waals surface area (Å²) in [6.07, 6.45) is 25.6. The van der Waals surface area contributed by atoms with E-state index in [1.165, 1.54) is 19.5 Å². The van der Waals surface area contributed by atoms with Gasteiger partial charge in [-0.15, -0.1) is 0 Å². The van der Waals surface area contributed by atoms with Gasteiger partial charge in [0.25, 0.3) is 0 Å². The standard InChI is InChI=1S/C13H16N6O.C13H17N5O2.C12H16BrN5O.C12H16ClN5O.C12H17N5OS.C11H15N5.C10H13N5O.C9H11N5O/c1-3-4-8(7-20)17-12-11-10(18-13(14)19-12)5-9(15-2)6-16-11;1-3-5-9(12(19)20-2)16-11-10-8(6-4-7-15-10)17-13(14)18-11;2*1-2-3-8(6-19)16-11-10-9(17-12(14)18-11)4-7(13)5-15-10;1-19-6-4-8(7-18)15-11-10-9(3-2-5-14-10)16-12(13)17-11;1-2-3-6-14-10-9-8(5-4-7-13-9)15-11(12)16-10;11-10-14-7-3-1-4-12-8(7)9(15-10)13-5-2-6-16;10-9-13-6-2-1-3-11-7(6)8(14-9)12-4-5-15/h5-6,8,20H,3-4,7H2,1H3,(H3,14,17,18,19);4,6-7,9H,3,5H2,1-2H3,(H3,14,16,17,18);2*4-5,8,19H,2-3,6H2,1H3,(H3,14,16,17,18);2-3,5,8,18H,4,6-7H2,1H3,(H3,13,15,16,17);4-5,7H,2-3,6H2,1H3,(H3,12,14,15,16);1,3-4,16H,2,5-6H2,(H3,11,13,14,15);1-3,15H,4-5H2,(H3,10,12,13,14)/t8-;9-;3*8-;;;/m00000.../s1. The minimum Gasteiger partial charge on any atom is -0.467 e. The number of aromatic nitrogens is 24. The van der Waals surface area contributed by atoms with Gasteiger partial charge in [-0.05, 0) is 152 Å². The van der Waals surface area contributed by atoms with Crippen LogP contribution in [0.3, 0.4) is 0 Å². The number of thioether (sulfide) groups is 1. The normalized spacial score (nSPS) is 11.8. The molecule has 0 radical (unpaired) electrons. The molecule has 49 nitrogen and oxygen atoms in total. The molecule has 0 aliphatic rings. The number of nitrogens with zero attached hydrogens (tertiary/aromatic N) is 25. The number of aliphatic hydroxyl groups excluding tert-OH is 6. The summed E-state index contributed by atoms with van der Waals surface area (Å²) in [6.45, 7) is 19.4. The number of carbonyl (C=O) groups is 1. The van der Waals surface area contributed by atoms with E-state index in [1.807, 2.05) is 56.5 Å². The van der Waals surface area contributed by atoms with Gasteiger partial charge in [0.05, 0.1) is 120 Å². The molecule has 0 amide bonds. The molecular formula is C92H121BrClN41O8S. The van der Waals surface area contributed by atoms with Crippen molar-refractivity contribution < 1.29 is 40.2 Å². The summed E-state index contributed by atoms with van der Waals surface area (Å²) >= 11 is 11.0. The summed E-state index contributed by atoms with van der Waals surface area (Å²) in [4.78, 5) is 115. The minimum absolute atomic E-state index is 0.000617. The molecule has 0 aromatic carbocycles. The number of methoxy groups -OCH3 is 1. The monoisotopic (exact) mass is 2070 g/mol. The molecule has 52 heteroatoms. The molecule has 16 rings (SSSR count). The van der Waals surface area contributed by atoms with Gasteiger partial charge in [-0.2, -0.15) is 51.6 Å². The van der Waals surface area contributed by atoms with E-state index < -0.39 is 6.04 Å². The van der Waals surface area contributed by atoms with Gasteiger partial charge < -0.3 is 124 Å². The van der Waals surface area contributed by atoms with Crippen LogP contribution in [-0.4, -0.2) is 265 Å². The number of unbranched alkanes of at least 4 members (excludes halogenated alkanes) is 1. The number of anilines is 16. The van der Waals surface area contributed by atoms with Crippen LogP contribution in [0.25, 0.3) is 93.1 Å². The Labute approximate surface area is 846 Å². The van der Waals surface area contributed by atoms with Crippen LogP contribution in [0.5, 0.6) is 0 Å². The van der Waals surface area contributed by atoms with Crippen LogP contribution in [0, 0.1) is 6.57 Å². The summed E-state index contributed by atoms with van der Waals surface area (Å²) in [7, 11) is 1.36. The zero-order valence-electron chi connectivity index (χ0n) is 80.5. The van der Waals surface area contributed by atoms with Gasteiger partial charge in [0.2, 0.25) is 53.3 Å². The van der Waals surface area contributed by atoms with Crippen LogP contribution in [0.4, 0.5) is 99.8 Å². The smallest absolute Gasteiger partial charge is 0.328 e. The average molecular weight is 2080 g/mol. The highest BCUT2D eigenvalue weighted by Gasteiger charge is 2.23. The van der Waals surface area contributed by atoms with E-state index in [1.54, 1.807) is 91.4 Å². The summed E-state index contributed by atoms with van der Waals surface area (Å²) in [6, 6.07) is 22.5. The van der Waals surface area contributed by atoms with Crippen molar-refractivity contribution in [1.29, 1.82) is 0 Å². The fraction of sp³-hybridized carbons (Fsp3) is 0.370. The van der Waals surface area contributed by atoms with Gasteiger partial charge in [0.15, 0.2) is 46.5 Å². The molecule has 0 unspecified atom stereocenters. The first-order valence-corrected chi connectivity index (χ1v) is 48.5. The van der Waals surface area contributed by atoms with Crippen LogP contribution in [0.1, 0.15) is 112 Å². The number of esters is 1. The number of rotatable bonds is 37. The second-order valence-corrected chi connectivity index (χ2v) is 33.5. The van der Waals surface area contributed by atoms with Crippen molar-refractivity contribution in [3.63, 3.8) is 0 Å². The molecule has 0 saturated heterocycles. The molecule has 16 aromatic heterocycles. The Morgan fingerprint density at radius 2 is 0.688 bits per heavy atom. The third kappa shape index (κ3) is 34.5.